The third-order valence-corrected chi connectivity index (χ3v) is 20.6. The molecule has 3 N–H and O–H groups in total. The molecule has 0 bridgehead atoms. The zero-order valence-electron chi connectivity index (χ0n) is 29.2. The van der Waals surface area contributed by atoms with E-state index >= 15 is 0 Å². The topological polar surface area (TPSA) is 118 Å². The van der Waals surface area contributed by atoms with Gasteiger partial charge < -0.3 is 9.84 Å². The number of aliphatic hydroxyl groups is 3. The molecule has 2 saturated heterocycles. The second-order valence-corrected chi connectivity index (χ2v) is 23.7. The van der Waals surface area contributed by atoms with Crippen LogP contribution in [0, 0.1) is 11.8 Å². The van der Waals surface area contributed by atoms with Gasteiger partial charge in [-0.05, 0) is 6.42 Å². The molecule has 0 aliphatic carbocycles. The Morgan fingerprint density at radius 2 is 1.87 bits per heavy atom. The number of rotatable bonds is 14. The molecule has 2 fully saturated rings. The number of cyclic esters (lactones) is 1. The van der Waals surface area contributed by atoms with Crippen LogP contribution in [-0.4, -0.2) is 88.3 Å². The Kier molecular flexibility index (Phi) is 14.7. The van der Waals surface area contributed by atoms with Crippen LogP contribution >= 0.6 is 0 Å². The Morgan fingerprint density at radius 1 is 1.20 bits per heavy atom. The summed E-state index contributed by atoms with van der Waals surface area (Å²) in [4.78, 5) is 13.0. The number of esters is 1. The molecule has 0 aromatic heterocycles. The van der Waals surface area contributed by atoms with Crippen LogP contribution in [0.25, 0.3) is 0 Å². The fraction of sp³-hybridized carbons (Fsp3) is 0.806. The summed E-state index contributed by atoms with van der Waals surface area (Å²) in [5.74, 6) is -0.549. The van der Waals surface area contributed by atoms with Crippen LogP contribution in [0.4, 0.5) is 0 Å². The number of aliphatic hydroxyl groups excluding tert-OH is 2. The molecular formula is C36H62O8Sn. The predicted octanol–water partition coefficient (Wildman–Crippen LogP) is 6.67. The fourth-order valence-corrected chi connectivity index (χ4v) is 19.3. The first-order chi connectivity index (χ1) is 21.2. The normalized spacial score (nSPS) is 35.9. The maximum atomic E-state index is 13.0. The molecule has 10 unspecified atom stereocenters. The van der Waals surface area contributed by atoms with Gasteiger partial charge in [0.1, 0.15) is 0 Å². The molecule has 0 radical (unpaired) electrons. The predicted molar refractivity (Wildman–Crippen MR) is 180 cm³/mol. The van der Waals surface area contributed by atoms with Crippen molar-refractivity contribution >= 4 is 25.2 Å². The monoisotopic (exact) mass is 742 g/mol. The number of fused-ring (bicyclic) bond motifs is 1. The number of ether oxygens (including phenoxy) is 2. The summed E-state index contributed by atoms with van der Waals surface area (Å²) in [6.07, 6.45) is 14.1. The Balaban J connectivity index is 1.77. The number of allylic oxidation sites excluding steroid dienone is 2. The van der Waals surface area contributed by atoms with Gasteiger partial charge in [-0.1, -0.05) is 13.8 Å². The van der Waals surface area contributed by atoms with E-state index in [1.54, 1.807) is 13.0 Å². The van der Waals surface area contributed by atoms with Gasteiger partial charge in [0.05, 0.1) is 18.3 Å². The molecule has 3 rings (SSSR count). The molecule has 0 amide bonds. The van der Waals surface area contributed by atoms with E-state index in [0.29, 0.717) is 25.7 Å². The van der Waals surface area contributed by atoms with Crippen molar-refractivity contribution in [1.82, 2.24) is 0 Å². The van der Waals surface area contributed by atoms with Gasteiger partial charge in [0.15, 0.2) is 0 Å². The van der Waals surface area contributed by atoms with E-state index in [1.807, 2.05) is 39.8 Å². The van der Waals surface area contributed by atoms with Crippen molar-refractivity contribution in [2.24, 2.45) is 11.8 Å². The summed E-state index contributed by atoms with van der Waals surface area (Å²) in [7, 11) is 0. The molecule has 3 aliphatic heterocycles. The van der Waals surface area contributed by atoms with Crippen LogP contribution < -0.4 is 0 Å². The van der Waals surface area contributed by atoms with Crippen molar-refractivity contribution in [3.8, 4) is 0 Å². The van der Waals surface area contributed by atoms with Crippen LogP contribution in [0.5, 0.6) is 0 Å². The summed E-state index contributed by atoms with van der Waals surface area (Å²) in [5.41, 5.74) is -0.780. The van der Waals surface area contributed by atoms with Gasteiger partial charge in [0, 0.05) is 5.92 Å². The summed E-state index contributed by atoms with van der Waals surface area (Å²) in [6.45, 7) is 16.2. The van der Waals surface area contributed by atoms with E-state index in [1.165, 1.54) is 0 Å². The summed E-state index contributed by atoms with van der Waals surface area (Å²) in [5, 5.41) is 32.0. The molecule has 10 atom stereocenters. The molecule has 0 aromatic rings. The van der Waals surface area contributed by atoms with E-state index in [2.05, 4.69) is 32.9 Å². The Labute approximate surface area is 277 Å². The molecule has 258 valence electrons. The second-order valence-electron chi connectivity index (χ2n) is 14.4. The summed E-state index contributed by atoms with van der Waals surface area (Å²) >= 11 is -3.35. The van der Waals surface area contributed by atoms with Crippen molar-refractivity contribution in [2.75, 3.05) is 0 Å². The van der Waals surface area contributed by atoms with E-state index in [-0.39, 0.29) is 36.6 Å². The van der Waals surface area contributed by atoms with Crippen LogP contribution in [-0.2, 0) is 20.4 Å². The minimum atomic E-state index is -3.35. The Bertz CT molecular complexity index is 1030. The average Bonchev–Trinajstić information content (AvgIpc) is 3.68. The van der Waals surface area contributed by atoms with Gasteiger partial charge in [-0.2, -0.15) is 0 Å². The fourth-order valence-electron chi connectivity index (χ4n) is 6.82. The van der Waals surface area contributed by atoms with Gasteiger partial charge >= 0.3 is 224 Å². The number of carbonyl (C=O) groups excluding carboxylic acids is 1. The van der Waals surface area contributed by atoms with Crippen molar-refractivity contribution < 1.29 is 35.7 Å². The van der Waals surface area contributed by atoms with Gasteiger partial charge in [-0.3, -0.25) is 0 Å². The summed E-state index contributed by atoms with van der Waals surface area (Å²) < 4.78 is 27.8. The first-order valence-corrected chi connectivity index (χ1v) is 23.9. The number of hydrogen-bond acceptors (Lipinski definition) is 8. The van der Waals surface area contributed by atoms with Crippen molar-refractivity contribution in [1.29, 1.82) is 0 Å². The standard InChI is InChI=1S/C28H44O8.2C4H9.Sn/c1-7-21(30)19(4)26-22(35-26)16-27(5,33)13-8-9-17(2)25-18(3)10-11-23(31)28(6,34)14-12-20(29)15-24(32)36-25;2*1-3-4-2;/h8-11,13,18-23,25-26,29-30,33H,7,12,14-16H2,1-6H3;2*1,3-4H2,2H3;/q-2;;;+2/b11-10+,13-8+,17-9+;;;. The van der Waals surface area contributed by atoms with E-state index in [0.717, 1.165) is 40.1 Å². The molecule has 0 spiro atoms. The van der Waals surface area contributed by atoms with Crippen LogP contribution in [0.2, 0.25) is 8.87 Å². The van der Waals surface area contributed by atoms with E-state index in [4.69, 9.17) is 15.6 Å². The van der Waals surface area contributed by atoms with Crippen LogP contribution in [0.15, 0.2) is 36.0 Å². The maximum absolute atomic E-state index is 13.0. The van der Waals surface area contributed by atoms with Crippen molar-refractivity contribution in [2.45, 2.75) is 170 Å². The number of epoxide rings is 1. The molecule has 0 aromatic carbocycles. The van der Waals surface area contributed by atoms with Gasteiger partial charge in [0.25, 0.3) is 0 Å². The van der Waals surface area contributed by atoms with Crippen molar-refractivity contribution in [3.63, 3.8) is 0 Å². The van der Waals surface area contributed by atoms with Gasteiger partial charge in [-0.15, -0.1) is 0 Å². The third-order valence-electron chi connectivity index (χ3n) is 9.93. The molecular weight excluding hydrogens is 679 g/mol. The number of carbonyl (C=O) groups is 1. The molecule has 3 heterocycles. The molecule has 0 saturated carbocycles. The zero-order chi connectivity index (χ0) is 33.4. The van der Waals surface area contributed by atoms with Crippen molar-refractivity contribution in [3.05, 3.63) is 36.0 Å². The average molecular weight is 742 g/mol. The zero-order valence-corrected chi connectivity index (χ0v) is 32.0. The third kappa shape index (κ3) is 11.1. The first-order valence-electron chi connectivity index (χ1n) is 17.5. The SMILES string of the molecule is CCC[CH2][Sn]1([CH2]CCC)[O]C2/C=C/C(C)C(/C(C)=C/C=C/C(C)(O)CC3OC3C(C)C(O)CC)OC(=O)CC(O)CCC2(C)[O]1. The minimum absolute atomic E-state index is 0.0254. The summed E-state index contributed by atoms with van der Waals surface area (Å²) in [6, 6.07) is 0. The second kappa shape index (κ2) is 17.1. The molecule has 45 heavy (non-hydrogen) atoms. The molecule has 3 aliphatic rings. The van der Waals surface area contributed by atoms with Gasteiger partial charge in [0.2, 0.25) is 0 Å². The first kappa shape index (κ1) is 38.7. The van der Waals surface area contributed by atoms with Crippen LogP contribution in [0.3, 0.4) is 0 Å². The Morgan fingerprint density at radius 3 is 2.49 bits per heavy atom. The number of unbranched alkanes of at least 4 members (excludes halogenated alkanes) is 2. The van der Waals surface area contributed by atoms with Gasteiger partial charge in [-0.25, -0.2) is 0 Å². The molecule has 9 heteroatoms. The van der Waals surface area contributed by atoms with E-state index in [9.17, 15) is 20.1 Å². The quantitative estimate of drug-likeness (QED) is 0.0595. The Hall–Kier alpha value is -0.751. The number of hydrogen-bond donors (Lipinski definition) is 3. The molecule has 8 nitrogen and oxygen atoms in total. The van der Waals surface area contributed by atoms with E-state index < -0.39 is 54.7 Å². The van der Waals surface area contributed by atoms with Crippen LogP contribution in [0.1, 0.15) is 113 Å².